The van der Waals surface area contributed by atoms with Gasteiger partial charge < -0.3 is 4.74 Å². The number of carbonyl (C=O) groups excluding carboxylic acids is 1. The van der Waals surface area contributed by atoms with Gasteiger partial charge in [-0.3, -0.25) is 4.79 Å². The van der Waals surface area contributed by atoms with Gasteiger partial charge in [0.05, 0.1) is 4.49 Å². The Morgan fingerprint density at radius 3 is 2.00 bits per heavy atom. The summed E-state index contributed by atoms with van der Waals surface area (Å²) in [5, 5.41) is -0.575. The van der Waals surface area contributed by atoms with Crippen molar-refractivity contribution in [3.05, 3.63) is 107 Å². The minimum atomic E-state index is -0.979. The lowest BCUT2D eigenvalue weighted by molar-refractivity contribution is -0.0862. The second kappa shape index (κ2) is 5.85. The van der Waals surface area contributed by atoms with Gasteiger partial charge in [0, 0.05) is 18.3 Å². The third-order valence-corrected chi connectivity index (χ3v) is 13.7. The number of ether oxygens (including phenoxy) is 1. The van der Waals surface area contributed by atoms with Crippen LogP contribution >= 0.6 is 18.5 Å². The molecule has 2 saturated heterocycles. The Hall–Kier alpha value is -1.93. The first-order valence-electron chi connectivity index (χ1n) is 10.3. The normalized spacial score (nSPS) is 33.7. The molecule has 4 heteroatoms. The van der Waals surface area contributed by atoms with Gasteiger partial charge in [-0.05, 0) is 16.5 Å². The topological polar surface area (TPSA) is 26.3 Å². The Morgan fingerprint density at radius 2 is 1.37 bits per heavy atom. The summed E-state index contributed by atoms with van der Waals surface area (Å²) in [6.45, 7) is 6.81. The molecule has 2 nitrogen and oxygen atoms in total. The maximum atomic E-state index is 14.3. The molecule has 3 aliphatic heterocycles. The first-order chi connectivity index (χ1) is 14.4. The molecule has 30 heavy (non-hydrogen) atoms. The Labute approximate surface area is 182 Å². The highest BCUT2D eigenvalue weighted by Gasteiger charge is 2.90. The van der Waals surface area contributed by atoms with Crippen LogP contribution in [0.25, 0.3) is 0 Å². The van der Waals surface area contributed by atoms with E-state index in [1.807, 2.05) is 53.8 Å². The monoisotopic (exact) mass is 430 g/mol. The van der Waals surface area contributed by atoms with Gasteiger partial charge in [0.25, 0.3) is 0 Å². The zero-order chi connectivity index (χ0) is 20.8. The molecule has 6 rings (SSSR count). The Morgan fingerprint density at radius 1 is 0.800 bits per heavy atom. The minimum absolute atomic E-state index is 0.104. The maximum absolute atomic E-state index is 14.3. The Kier molecular flexibility index (Phi) is 3.67. The van der Waals surface area contributed by atoms with E-state index < -0.39 is 18.1 Å². The number of hydrogen-bond acceptors (Lipinski definition) is 3. The smallest absolute Gasteiger partial charge is 0.201 e. The molecule has 0 aromatic heterocycles. The average Bonchev–Trinajstić information content (AvgIpc) is 3.50. The highest BCUT2D eigenvalue weighted by Crippen LogP contribution is 3.06. The molecule has 4 atom stereocenters. The molecule has 0 aliphatic carbocycles. The number of Topliss-reactive ketones (excluding diaryl/α,β-unsaturated/α-hetero) is 1. The second-order valence-corrected chi connectivity index (χ2v) is 13.9. The summed E-state index contributed by atoms with van der Waals surface area (Å²) in [5.41, 5.74) is 2.91. The zero-order valence-corrected chi connectivity index (χ0v) is 19.0. The molecular weight excluding hydrogens is 407 g/mol. The standard InChI is InChI=1S/C26H23O2PS/c1-23(2,3)26-24(18-12-6-4-7-13-18)22(27)20-16-10-11-17-21(20)25(28-24,29(26)30-26)19-14-8-5-9-15-19/h4-17H,1-3H3/t24-,25-,26+,29?/m0/s1. The van der Waals surface area contributed by atoms with Crippen molar-refractivity contribution in [1.29, 1.82) is 0 Å². The maximum Gasteiger partial charge on any atom is 0.201 e. The van der Waals surface area contributed by atoms with E-state index in [-0.39, 0.29) is 15.7 Å². The molecule has 0 N–H and O–H groups in total. The lowest BCUT2D eigenvalue weighted by Gasteiger charge is -2.47. The predicted octanol–water partition coefficient (Wildman–Crippen LogP) is 6.90. The Balaban J connectivity index is 1.76. The predicted molar refractivity (Wildman–Crippen MR) is 124 cm³/mol. The molecule has 3 heterocycles. The van der Waals surface area contributed by atoms with Gasteiger partial charge in [0.2, 0.25) is 5.78 Å². The third kappa shape index (κ3) is 1.93. The molecule has 3 aromatic rings. The number of ketones is 1. The van der Waals surface area contributed by atoms with Crippen molar-refractivity contribution in [2.45, 2.75) is 36.2 Å². The molecule has 0 radical (unpaired) electrons. The highest BCUT2D eigenvalue weighted by molar-refractivity contribution is 8.73. The van der Waals surface area contributed by atoms with E-state index in [0.29, 0.717) is 0 Å². The molecule has 3 aliphatic rings. The SMILES string of the molecule is CC(C)(C)[C@]12SP1[C@]1(c3ccccc3)O[C@@]2(c2ccccc2)C(=O)c2ccccc21. The van der Waals surface area contributed by atoms with Crippen molar-refractivity contribution in [3.63, 3.8) is 0 Å². The summed E-state index contributed by atoms with van der Waals surface area (Å²) in [6.07, 6.45) is 0. The average molecular weight is 431 g/mol. The van der Waals surface area contributed by atoms with Crippen LogP contribution in [0.1, 0.15) is 47.8 Å². The molecule has 3 aromatic carbocycles. The van der Waals surface area contributed by atoms with Gasteiger partial charge in [-0.1, -0.05) is 106 Å². The van der Waals surface area contributed by atoms with Crippen molar-refractivity contribution in [3.8, 4) is 0 Å². The summed E-state index contributed by atoms with van der Waals surface area (Å²) >= 11 is 2.00. The van der Waals surface area contributed by atoms with E-state index in [0.717, 1.165) is 22.3 Å². The second-order valence-electron chi connectivity index (χ2n) is 9.31. The van der Waals surface area contributed by atoms with Crippen LogP contribution in [0.2, 0.25) is 0 Å². The van der Waals surface area contributed by atoms with E-state index in [9.17, 15) is 4.79 Å². The van der Waals surface area contributed by atoms with Gasteiger partial charge in [-0.15, -0.1) is 11.4 Å². The summed E-state index contributed by atoms with van der Waals surface area (Å²) in [6, 6.07) is 28.9. The first-order valence-corrected chi connectivity index (χ1v) is 13.1. The van der Waals surface area contributed by atoms with Gasteiger partial charge in [0.1, 0.15) is 0 Å². The van der Waals surface area contributed by atoms with Crippen LogP contribution in [0, 0.1) is 5.41 Å². The number of fused-ring (bicyclic) bond motifs is 7. The van der Waals surface area contributed by atoms with E-state index in [1.165, 1.54) is 0 Å². The summed E-state index contributed by atoms with van der Waals surface area (Å²) in [5.74, 6) is 0.112. The molecule has 0 spiro atoms. The molecule has 0 saturated carbocycles. The fourth-order valence-electron chi connectivity index (χ4n) is 5.49. The number of benzene rings is 3. The molecule has 2 fully saturated rings. The third-order valence-electron chi connectivity index (χ3n) is 6.76. The fraction of sp³-hybridized carbons (Fsp3) is 0.269. The molecule has 1 unspecified atom stereocenters. The van der Waals surface area contributed by atoms with Crippen molar-refractivity contribution in [2.75, 3.05) is 0 Å². The first kappa shape index (κ1) is 18.8. The Bertz CT molecular complexity index is 1170. The van der Waals surface area contributed by atoms with Gasteiger partial charge >= 0.3 is 0 Å². The summed E-state index contributed by atoms with van der Waals surface area (Å²) in [7, 11) is -0.683. The quantitative estimate of drug-likeness (QED) is 0.327. The van der Waals surface area contributed by atoms with Crippen LogP contribution in [0.4, 0.5) is 0 Å². The van der Waals surface area contributed by atoms with Crippen molar-refractivity contribution >= 4 is 24.3 Å². The lowest BCUT2D eigenvalue weighted by Crippen LogP contribution is -2.55. The van der Waals surface area contributed by atoms with Crippen LogP contribution in [0.15, 0.2) is 84.9 Å². The molecule has 2 bridgehead atoms. The van der Waals surface area contributed by atoms with Gasteiger partial charge in [0.15, 0.2) is 10.9 Å². The van der Waals surface area contributed by atoms with Crippen LogP contribution in [0.5, 0.6) is 0 Å². The fourth-order valence-corrected chi connectivity index (χ4v) is 14.1. The van der Waals surface area contributed by atoms with Crippen molar-refractivity contribution in [2.24, 2.45) is 5.41 Å². The number of hydrogen-bond donors (Lipinski definition) is 0. The number of rotatable bonds is 2. The van der Waals surface area contributed by atoms with E-state index in [2.05, 4.69) is 63.2 Å². The molecule has 150 valence electrons. The van der Waals surface area contributed by atoms with E-state index in [4.69, 9.17) is 4.74 Å². The lowest BCUT2D eigenvalue weighted by atomic mass is 9.70. The van der Waals surface area contributed by atoms with E-state index >= 15 is 0 Å². The van der Waals surface area contributed by atoms with E-state index in [1.54, 1.807) is 0 Å². The van der Waals surface area contributed by atoms with Crippen LogP contribution < -0.4 is 0 Å². The number of carbonyl (C=O) groups is 1. The molecular formula is C26H23O2PS. The van der Waals surface area contributed by atoms with Crippen LogP contribution in [-0.4, -0.2) is 10.3 Å². The van der Waals surface area contributed by atoms with Gasteiger partial charge in [-0.25, -0.2) is 0 Å². The molecule has 0 amide bonds. The van der Waals surface area contributed by atoms with Gasteiger partial charge in [-0.2, -0.15) is 0 Å². The van der Waals surface area contributed by atoms with Crippen LogP contribution in [0.3, 0.4) is 0 Å². The summed E-state index contributed by atoms with van der Waals surface area (Å²) in [4.78, 5) is 14.3. The minimum Gasteiger partial charge on any atom is -0.339 e. The largest absolute Gasteiger partial charge is 0.339 e. The van der Waals surface area contributed by atoms with Crippen molar-refractivity contribution < 1.29 is 9.53 Å². The van der Waals surface area contributed by atoms with Crippen LogP contribution in [-0.2, 0) is 15.7 Å². The summed E-state index contributed by atoms with van der Waals surface area (Å²) < 4.78 is 6.96. The highest BCUT2D eigenvalue weighted by atomic mass is 32.8. The van der Waals surface area contributed by atoms with Crippen molar-refractivity contribution in [1.82, 2.24) is 0 Å². The zero-order valence-electron chi connectivity index (χ0n) is 17.3.